The molecule has 20 heavy (non-hydrogen) atoms. The largest absolute Gasteiger partial charge is 0.480 e. The smallest absolute Gasteiger partial charge is 0.326 e. The lowest BCUT2D eigenvalue weighted by molar-refractivity contribution is -0.139. The van der Waals surface area contributed by atoms with Crippen LogP contribution in [0.1, 0.15) is 12.8 Å². The van der Waals surface area contributed by atoms with Crippen LogP contribution in [-0.4, -0.2) is 74.8 Å². The van der Waals surface area contributed by atoms with E-state index >= 15 is 0 Å². The first-order valence-electron chi connectivity index (χ1n) is 6.33. The second-order valence-corrected chi connectivity index (χ2v) is 6.92. The maximum absolute atomic E-state index is 12.0. The van der Waals surface area contributed by atoms with Gasteiger partial charge in [-0.1, -0.05) is 0 Å². The summed E-state index contributed by atoms with van der Waals surface area (Å²) in [6.45, 7) is 0.609. The van der Waals surface area contributed by atoms with Crippen LogP contribution in [-0.2, 0) is 19.4 Å². The van der Waals surface area contributed by atoms with Crippen LogP contribution in [0.4, 0.5) is 4.79 Å². The zero-order chi connectivity index (χ0) is 15.2. The van der Waals surface area contributed by atoms with Crippen LogP contribution >= 0.6 is 0 Å². The van der Waals surface area contributed by atoms with Crippen LogP contribution in [0.2, 0.25) is 0 Å². The number of amides is 2. The van der Waals surface area contributed by atoms with Gasteiger partial charge in [0.25, 0.3) is 0 Å². The summed E-state index contributed by atoms with van der Waals surface area (Å²) in [5.41, 5.74) is 0. The fraction of sp³-hybridized carbons (Fsp3) is 0.818. The lowest BCUT2D eigenvalue weighted by Gasteiger charge is -2.23. The molecule has 9 heteroatoms. The number of carboxylic acids is 1. The van der Waals surface area contributed by atoms with E-state index in [0.29, 0.717) is 13.0 Å². The summed E-state index contributed by atoms with van der Waals surface area (Å²) in [4.78, 5) is 24.3. The van der Waals surface area contributed by atoms with Gasteiger partial charge in [0.2, 0.25) is 0 Å². The van der Waals surface area contributed by atoms with Gasteiger partial charge in [0.15, 0.2) is 9.84 Å². The highest BCUT2D eigenvalue weighted by molar-refractivity contribution is 7.91. The summed E-state index contributed by atoms with van der Waals surface area (Å²) in [7, 11) is -1.66. The van der Waals surface area contributed by atoms with Crippen molar-refractivity contribution in [1.29, 1.82) is 0 Å². The Balaban J connectivity index is 2.57. The number of carboxylic acid groups (broad SMARTS) is 1. The molecule has 0 aliphatic carbocycles. The maximum atomic E-state index is 12.0. The Hall–Kier alpha value is -1.35. The summed E-state index contributed by atoms with van der Waals surface area (Å²) >= 11 is 0. The molecule has 1 heterocycles. The lowest BCUT2D eigenvalue weighted by atomic mass is 10.2. The number of urea groups is 1. The molecule has 1 atom stereocenters. The number of rotatable bonds is 5. The molecule has 0 saturated carbocycles. The highest BCUT2D eigenvalue weighted by Gasteiger charge is 2.26. The standard InChI is InChI=1S/C11H20N2O6S/c1-19-6-3-9(10(14)15)12-11(16)13-4-2-7-20(17,18)8-5-13/h9H,2-8H2,1H3,(H,12,16)(H,14,15). The van der Waals surface area contributed by atoms with Gasteiger partial charge < -0.3 is 20.1 Å². The van der Waals surface area contributed by atoms with Gasteiger partial charge in [0.05, 0.1) is 11.5 Å². The van der Waals surface area contributed by atoms with Gasteiger partial charge in [-0.15, -0.1) is 0 Å². The van der Waals surface area contributed by atoms with Gasteiger partial charge in [-0.05, 0) is 6.42 Å². The molecule has 2 amide bonds. The van der Waals surface area contributed by atoms with Crippen molar-refractivity contribution < 1.29 is 27.9 Å². The molecular weight excluding hydrogens is 288 g/mol. The number of nitrogens with zero attached hydrogens (tertiary/aromatic N) is 1. The van der Waals surface area contributed by atoms with E-state index in [9.17, 15) is 18.0 Å². The van der Waals surface area contributed by atoms with Crippen molar-refractivity contribution in [3.8, 4) is 0 Å². The zero-order valence-electron chi connectivity index (χ0n) is 11.4. The van der Waals surface area contributed by atoms with Crippen molar-refractivity contribution in [2.75, 3.05) is 38.3 Å². The number of ether oxygens (including phenoxy) is 1. The predicted octanol–water partition coefficient (Wildman–Crippen LogP) is -0.694. The molecule has 0 aromatic carbocycles. The third-order valence-corrected chi connectivity index (χ3v) is 4.76. The predicted molar refractivity (Wildman–Crippen MR) is 71.3 cm³/mol. The number of methoxy groups -OCH3 is 1. The van der Waals surface area contributed by atoms with Crippen LogP contribution < -0.4 is 5.32 Å². The number of hydrogen-bond acceptors (Lipinski definition) is 5. The average Bonchev–Trinajstić information content (AvgIpc) is 2.55. The fourth-order valence-corrected chi connectivity index (χ4v) is 3.15. The second-order valence-electron chi connectivity index (χ2n) is 4.61. The molecule has 1 aliphatic heterocycles. The molecule has 8 nitrogen and oxygen atoms in total. The van der Waals surface area contributed by atoms with Crippen LogP contribution in [0.5, 0.6) is 0 Å². The average molecular weight is 308 g/mol. The molecule has 1 unspecified atom stereocenters. The van der Waals surface area contributed by atoms with Crippen molar-refractivity contribution in [3.63, 3.8) is 0 Å². The van der Waals surface area contributed by atoms with Gasteiger partial charge in [0.1, 0.15) is 6.04 Å². The minimum absolute atomic E-state index is 0.0583. The second kappa shape index (κ2) is 7.44. The molecule has 0 spiro atoms. The van der Waals surface area contributed by atoms with Crippen LogP contribution in [0.3, 0.4) is 0 Å². The Kier molecular flexibility index (Phi) is 6.21. The molecule has 1 aliphatic rings. The van der Waals surface area contributed by atoms with Crippen LogP contribution in [0.15, 0.2) is 0 Å². The van der Waals surface area contributed by atoms with Crippen molar-refractivity contribution in [1.82, 2.24) is 10.2 Å². The highest BCUT2D eigenvalue weighted by atomic mass is 32.2. The molecule has 2 N–H and O–H groups in total. The maximum Gasteiger partial charge on any atom is 0.326 e. The van der Waals surface area contributed by atoms with E-state index in [1.165, 1.54) is 12.0 Å². The van der Waals surface area contributed by atoms with Crippen molar-refractivity contribution in [3.05, 3.63) is 0 Å². The normalized spacial score (nSPS) is 19.9. The van der Waals surface area contributed by atoms with Gasteiger partial charge in [0, 0.05) is 33.2 Å². The third-order valence-electron chi connectivity index (χ3n) is 3.05. The molecule has 1 fully saturated rings. The lowest BCUT2D eigenvalue weighted by Crippen LogP contribution is -2.49. The van der Waals surface area contributed by atoms with E-state index in [0.717, 1.165) is 0 Å². The summed E-state index contributed by atoms with van der Waals surface area (Å²) in [5, 5.41) is 11.4. The van der Waals surface area contributed by atoms with E-state index < -0.39 is 27.9 Å². The molecule has 1 rings (SSSR count). The van der Waals surface area contributed by atoms with Gasteiger partial charge in [-0.2, -0.15) is 0 Å². The van der Waals surface area contributed by atoms with E-state index in [2.05, 4.69) is 5.32 Å². The molecular formula is C11H20N2O6S. The number of carbonyl (C=O) groups excluding carboxylic acids is 1. The Labute approximate surface area is 118 Å². The van der Waals surface area contributed by atoms with E-state index in [1.54, 1.807) is 0 Å². The first-order chi connectivity index (χ1) is 9.35. The van der Waals surface area contributed by atoms with Gasteiger partial charge >= 0.3 is 12.0 Å². The Morgan fingerprint density at radius 1 is 1.35 bits per heavy atom. The SMILES string of the molecule is COCCC(NC(=O)N1CCCS(=O)(=O)CC1)C(=O)O. The summed E-state index contributed by atoms with van der Waals surface area (Å²) in [6, 6.07) is -1.59. The Bertz CT molecular complexity index is 450. The minimum Gasteiger partial charge on any atom is -0.480 e. The molecule has 0 radical (unpaired) electrons. The first-order valence-corrected chi connectivity index (χ1v) is 8.15. The Morgan fingerprint density at radius 3 is 2.65 bits per heavy atom. The van der Waals surface area contributed by atoms with Crippen molar-refractivity contribution in [2.24, 2.45) is 0 Å². The molecule has 116 valence electrons. The van der Waals surface area contributed by atoms with Gasteiger partial charge in [-0.3, -0.25) is 0 Å². The van der Waals surface area contributed by atoms with Crippen molar-refractivity contribution >= 4 is 21.8 Å². The summed E-state index contributed by atoms with van der Waals surface area (Å²) < 4.78 is 27.7. The van der Waals surface area contributed by atoms with Crippen LogP contribution in [0.25, 0.3) is 0 Å². The van der Waals surface area contributed by atoms with E-state index in [4.69, 9.17) is 9.84 Å². The fourth-order valence-electron chi connectivity index (χ4n) is 1.87. The molecule has 0 aromatic rings. The monoisotopic (exact) mass is 308 g/mol. The number of carbonyl (C=O) groups is 2. The van der Waals surface area contributed by atoms with Crippen molar-refractivity contribution in [2.45, 2.75) is 18.9 Å². The van der Waals surface area contributed by atoms with Gasteiger partial charge in [-0.25, -0.2) is 18.0 Å². The minimum atomic E-state index is -3.10. The first kappa shape index (κ1) is 16.7. The molecule has 1 saturated heterocycles. The van der Waals surface area contributed by atoms with E-state index in [1.807, 2.05) is 0 Å². The van der Waals surface area contributed by atoms with Crippen LogP contribution in [0, 0.1) is 0 Å². The quantitative estimate of drug-likeness (QED) is 0.695. The summed E-state index contributed by atoms with van der Waals surface area (Å²) in [6.07, 6.45) is 0.523. The number of hydrogen-bond donors (Lipinski definition) is 2. The summed E-state index contributed by atoms with van der Waals surface area (Å²) in [5.74, 6) is -1.17. The topological polar surface area (TPSA) is 113 Å². The zero-order valence-corrected chi connectivity index (χ0v) is 12.2. The molecule has 0 aromatic heterocycles. The Morgan fingerprint density at radius 2 is 2.05 bits per heavy atom. The number of aliphatic carboxylic acids is 1. The highest BCUT2D eigenvalue weighted by Crippen LogP contribution is 2.06. The number of sulfone groups is 1. The van der Waals surface area contributed by atoms with E-state index in [-0.39, 0.29) is 31.1 Å². The third kappa shape index (κ3) is 5.33. The number of nitrogens with one attached hydrogen (secondary N) is 1. The molecule has 0 bridgehead atoms.